The predicted octanol–water partition coefficient (Wildman–Crippen LogP) is 4.01. The molecule has 0 unspecified atom stereocenters. The van der Waals surface area contributed by atoms with Crippen molar-refractivity contribution in [3.63, 3.8) is 0 Å². The monoisotopic (exact) mass is 376 g/mol. The Morgan fingerprint density at radius 3 is 1.16 bits per heavy atom. The van der Waals surface area contributed by atoms with E-state index in [1.807, 2.05) is 0 Å². The number of hydrogen-bond donors (Lipinski definition) is 0. The zero-order valence-electron chi connectivity index (χ0n) is 7.94. The van der Waals surface area contributed by atoms with Crippen molar-refractivity contribution in [2.24, 2.45) is 0 Å². The Bertz CT molecular complexity index is 370. The van der Waals surface area contributed by atoms with Gasteiger partial charge in [0.05, 0.1) is 0 Å². The van der Waals surface area contributed by atoms with Gasteiger partial charge in [-0.15, -0.1) is 0 Å². The number of carbonyl (C=O) groups is 1. The van der Waals surface area contributed by atoms with Crippen LogP contribution in [0.4, 0.5) is 48.3 Å². The summed E-state index contributed by atoms with van der Waals surface area (Å²) >= 11 is 1.11. The van der Waals surface area contributed by atoms with Crippen LogP contribution in [0.25, 0.3) is 0 Å². The Morgan fingerprint density at radius 1 is 0.632 bits per heavy atom. The van der Waals surface area contributed by atoms with Gasteiger partial charge >= 0.3 is 29.9 Å². The third-order valence-electron chi connectivity index (χ3n) is 1.79. The molecule has 0 atom stereocenters. The average Bonchev–Trinajstić information content (AvgIpc) is 2.14. The molecule has 13 heteroatoms. The quantitative estimate of drug-likeness (QED) is 0.535. The van der Waals surface area contributed by atoms with Crippen LogP contribution < -0.4 is 0 Å². The minimum Gasteiger partial charge on any atom is -0.280 e. The Labute approximate surface area is 104 Å². The molecule has 0 aromatic rings. The lowest BCUT2D eigenvalue weighted by Crippen LogP contribution is -2.67. The van der Waals surface area contributed by atoms with E-state index in [0.29, 0.717) is 0 Å². The predicted molar refractivity (Wildman–Crippen MR) is 39.8 cm³/mol. The third-order valence-corrected chi connectivity index (χ3v) is 2.28. The molecule has 0 aliphatic carbocycles. The second-order valence-electron chi connectivity index (χ2n) is 3.07. The highest BCUT2D eigenvalue weighted by Gasteiger charge is 2.88. The van der Waals surface area contributed by atoms with Crippen LogP contribution in [-0.2, 0) is 4.79 Å². The topological polar surface area (TPSA) is 17.1 Å². The second kappa shape index (κ2) is 4.45. The fourth-order valence-corrected chi connectivity index (χ4v) is 0.945. The Balaban J connectivity index is 5.99. The average molecular weight is 377 g/mol. The number of alkyl halides is 11. The molecule has 0 bridgehead atoms. The van der Waals surface area contributed by atoms with E-state index in [2.05, 4.69) is 0 Å². The first kappa shape index (κ1) is 18.4. The van der Waals surface area contributed by atoms with Crippen LogP contribution in [0.3, 0.4) is 0 Å². The van der Waals surface area contributed by atoms with Gasteiger partial charge in [-0.1, -0.05) is 0 Å². The number of rotatable bonds is 4. The zero-order chi connectivity index (χ0) is 16.1. The molecule has 0 saturated heterocycles. The lowest BCUT2D eigenvalue weighted by molar-refractivity contribution is -0.416. The van der Waals surface area contributed by atoms with E-state index in [9.17, 15) is 53.1 Å². The minimum atomic E-state index is -7.55. The van der Waals surface area contributed by atoms with Crippen molar-refractivity contribution in [1.82, 2.24) is 0 Å². The summed E-state index contributed by atoms with van der Waals surface area (Å²) in [5, 5.41) is 0. The first-order chi connectivity index (χ1) is 7.94. The normalized spacial score (nSPS) is 15.6. The number of hydrogen-bond acceptors (Lipinski definition) is 1. The second-order valence-corrected chi connectivity index (χ2v) is 3.79. The summed E-state index contributed by atoms with van der Waals surface area (Å²) in [5.74, 6) is -28.8. The van der Waals surface area contributed by atoms with Crippen LogP contribution in [0, 0.1) is 0 Å². The molecule has 0 amide bonds. The van der Waals surface area contributed by atoms with Crippen molar-refractivity contribution in [3.05, 3.63) is 0 Å². The van der Waals surface area contributed by atoms with Crippen LogP contribution in [0.2, 0.25) is 0 Å². The van der Waals surface area contributed by atoms with Gasteiger partial charge in [0.1, 0.15) is 0 Å². The van der Waals surface area contributed by atoms with E-state index in [1.165, 1.54) is 0 Å². The summed E-state index contributed by atoms with van der Waals surface area (Å²) in [6.45, 7) is 0. The van der Waals surface area contributed by atoms with Gasteiger partial charge in [0, 0.05) is 0 Å². The first-order valence-electron chi connectivity index (χ1n) is 3.72. The van der Waals surface area contributed by atoms with Crippen LogP contribution >= 0.6 is 15.9 Å². The van der Waals surface area contributed by atoms with Gasteiger partial charge in [0.2, 0.25) is 0 Å². The SMILES string of the molecule is O=C(Br)C(F)(F)C(F)(F)C(F)(F)C(F)(F)C(F)(F)F. The summed E-state index contributed by atoms with van der Waals surface area (Å²) in [4.78, 5) is 9.96. The van der Waals surface area contributed by atoms with Crippen molar-refractivity contribution in [3.8, 4) is 0 Å². The van der Waals surface area contributed by atoms with Crippen molar-refractivity contribution in [2.45, 2.75) is 29.9 Å². The number of carbonyl (C=O) groups excluding carboxylic acids is 1. The van der Waals surface area contributed by atoms with Crippen molar-refractivity contribution < 1.29 is 53.1 Å². The molecule has 0 aliphatic rings. The first-order valence-corrected chi connectivity index (χ1v) is 4.51. The van der Waals surface area contributed by atoms with Crippen molar-refractivity contribution in [1.29, 1.82) is 0 Å². The molecule has 19 heavy (non-hydrogen) atoms. The van der Waals surface area contributed by atoms with E-state index >= 15 is 0 Å². The van der Waals surface area contributed by atoms with E-state index in [4.69, 9.17) is 0 Å². The van der Waals surface area contributed by atoms with Crippen LogP contribution in [0.15, 0.2) is 0 Å². The van der Waals surface area contributed by atoms with Crippen molar-refractivity contribution in [2.75, 3.05) is 0 Å². The molecule has 0 saturated carbocycles. The molecule has 0 rings (SSSR count). The van der Waals surface area contributed by atoms with Gasteiger partial charge in [-0.3, -0.25) is 4.79 Å². The van der Waals surface area contributed by atoms with E-state index < -0.39 is 34.6 Å². The molecular weight excluding hydrogens is 377 g/mol. The molecule has 0 heterocycles. The summed E-state index contributed by atoms with van der Waals surface area (Å²) in [6, 6.07) is 0. The number of halogens is 12. The molecule has 0 aromatic carbocycles. The lowest BCUT2D eigenvalue weighted by atomic mass is 9.99. The standard InChI is InChI=1S/C6BrF11O/c7-1(19)2(8,9)3(10,11)4(12,13)5(14,15)6(16,17)18. The fourth-order valence-electron chi connectivity index (χ4n) is 0.696. The largest absolute Gasteiger partial charge is 0.460 e. The molecule has 0 radical (unpaired) electrons. The molecule has 0 fully saturated rings. The van der Waals surface area contributed by atoms with Crippen LogP contribution in [0.5, 0.6) is 0 Å². The minimum absolute atomic E-state index is 1.11. The maximum atomic E-state index is 12.5. The lowest BCUT2D eigenvalue weighted by Gasteiger charge is -2.35. The Kier molecular flexibility index (Phi) is 4.30. The third kappa shape index (κ3) is 2.40. The van der Waals surface area contributed by atoms with Gasteiger partial charge < -0.3 is 0 Å². The molecule has 0 spiro atoms. The van der Waals surface area contributed by atoms with Crippen LogP contribution in [0.1, 0.15) is 0 Å². The zero-order valence-corrected chi connectivity index (χ0v) is 9.53. The molecule has 0 aromatic heterocycles. The van der Waals surface area contributed by atoms with Gasteiger partial charge in [0.25, 0.3) is 4.69 Å². The molecule has 114 valence electrons. The Morgan fingerprint density at radius 2 is 0.947 bits per heavy atom. The summed E-state index contributed by atoms with van der Waals surface area (Å²) in [6.07, 6.45) is -7.23. The highest BCUT2D eigenvalue weighted by atomic mass is 79.9. The summed E-state index contributed by atoms with van der Waals surface area (Å²) in [7, 11) is 0. The summed E-state index contributed by atoms with van der Waals surface area (Å²) < 4.78 is 131. The fraction of sp³-hybridized carbons (Fsp3) is 0.833. The van der Waals surface area contributed by atoms with E-state index in [-0.39, 0.29) is 0 Å². The maximum Gasteiger partial charge on any atom is 0.460 e. The highest BCUT2D eigenvalue weighted by molar-refractivity contribution is 9.18. The Hall–Kier alpha value is -0.620. The summed E-state index contributed by atoms with van der Waals surface area (Å²) in [5.41, 5.74) is 0. The van der Waals surface area contributed by atoms with Crippen LogP contribution in [-0.4, -0.2) is 34.6 Å². The maximum absolute atomic E-state index is 12.5. The smallest absolute Gasteiger partial charge is 0.280 e. The van der Waals surface area contributed by atoms with E-state index in [0.717, 1.165) is 15.9 Å². The highest BCUT2D eigenvalue weighted by Crippen LogP contribution is 2.57. The van der Waals surface area contributed by atoms with Gasteiger partial charge in [-0.25, -0.2) is 0 Å². The molecule has 0 N–H and O–H groups in total. The molecule has 1 nitrogen and oxygen atoms in total. The molecule has 0 aliphatic heterocycles. The van der Waals surface area contributed by atoms with E-state index in [1.54, 1.807) is 0 Å². The van der Waals surface area contributed by atoms with Crippen molar-refractivity contribution >= 4 is 20.6 Å². The van der Waals surface area contributed by atoms with Gasteiger partial charge in [-0.2, -0.15) is 48.3 Å². The molecular formula is C6BrF11O. The van der Waals surface area contributed by atoms with Gasteiger partial charge in [-0.05, 0) is 15.9 Å². The van der Waals surface area contributed by atoms with Gasteiger partial charge in [0.15, 0.2) is 0 Å².